The van der Waals surface area contributed by atoms with Crippen LogP contribution in [-0.4, -0.2) is 34.4 Å². The van der Waals surface area contributed by atoms with E-state index in [0.29, 0.717) is 12.2 Å². The van der Waals surface area contributed by atoms with Gasteiger partial charge in [0.25, 0.3) is 0 Å². The maximum Gasteiger partial charge on any atom is 0.215 e. The first kappa shape index (κ1) is 17.9. The van der Waals surface area contributed by atoms with E-state index in [2.05, 4.69) is 37.7 Å². The zero-order chi connectivity index (χ0) is 18.0. The normalized spacial score (nSPS) is 14.0. The van der Waals surface area contributed by atoms with Crippen LogP contribution < -0.4 is 4.74 Å². The minimum Gasteiger partial charge on any atom is -0.478 e. The summed E-state index contributed by atoms with van der Waals surface area (Å²) >= 11 is 0. The number of fused-ring (bicyclic) bond motifs is 1. The van der Waals surface area contributed by atoms with Crippen LogP contribution in [0.1, 0.15) is 51.2 Å². The van der Waals surface area contributed by atoms with Crippen LogP contribution >= 0.6 is 0 Å². The molecular formula is C20H28FN3O. The summed E-state index contributed by atoms with van der Waals surface area (Å²) in [5, 5.41) is 4.67. The maximum absolute atomic E-state index is 14.9. The first-order valence-corrected chi connectivity index (χ1v) is 9.29. The third kappa shape index (κ3) is 3.56. The fourth-order valence-electron chi connectivity index (χ4n) is 3.42. The predicted octanol–water partition coefficient (Wildman–Crippen LogP) is 4.44. The van der Waals surface area contributed by atoms with Gasteiger partial charge in [-0.25, -0.2) is 9.07 Å². The number of nitrogens with zero attached hydrogens (tertiary/aromatic N) is 3. The molecule has 1 aliphatic heterocycles. The van der Waals surface area contributed by atoms with E-state index in [0.717, 1.165) is 55.3 Å². The van der Waals surface area contributed by atoms with Gasteiger partial charge in [0, 0.05) is 30.6 Å². The van der Waals surface area contributed by atoms with Crippen molar-refractivity contribution in [2.45, 2.75) is 53.1 Å². The van der Waals surface area contributed by atoms with Gasteiger partial charge >= 0.3 is 0 Å². The number of rotatable bonds is 6. The van der Waals surface area contributed by atoms with Crippen LogP contribution in [0.15, 0.2) is 18.2 Å². The molecule has 25 heavy (non-hydrogen) atoms. The summed E-state index contributed by atoms with van der Waals surface area (Å²) in [6.07, 6.45) is 0.941. The Kier molecular flexibility index (Phi) is 5.42. The highest BCUT2D eigenvalue weighted by atomic mass is 19.1. The van der Waals surface area contributed by atoms with E-state index in [9.17, 15) is 4.39 Å². The SMILES string of the molecule is CCN(CC)Cc1ccc(-c2nn3c(c2C(C)C)OCCC3)c(F)c1. The second-order valence-electron chi connectivity index (χ2n) is 6.92. The number of hydrogen-bond donors (Lipinski definition) is 0. The van der Waals surface area contributed by atoms with Crippen molar-refractivity contribution < 1.29 is 9.13 Å². The molecule has 1 aromatic carbocycles. The van der Waals surface area contributed by atoms with Gasteiger partial charge in [0.15, 0.2) is 0 Å². The highest BCUT2D eigenvalue weighted by Crippen LogP contribution is 2.38. The van der Waals surface area contributed by atoms with E-state index < -0.39 is 0 Å². The maximum atomic E-state index is 14.9. The molecule has 2 aromatic rings. The fraction of sp³-hybridized carbons (Fsp3) is 0.550. The molecule has 1 aliphatic rings. The molecule has 0 atom stereocenters. The number of aromatic nitrogens is 2. The molecular weight excluding hydrogens is 317 g/mol. The Morgan fingerprint density at radius 3 is 2.68 bits per heavy atom. The average Bonchev–Trinajstić information content (AvgIpc) is 2.99. The van der Waals surface area contributed by atoms with Crippen molar-refractivity contribution in [3.8, 4) is 17.1 Å². The van der Waals surface area contributed by atoms with Crippen molar-refractivity contribution in [2.75, 3.05) is 19.7 Å². The Morgan fingerprint density at radius 2 is 2.04 bits per heavy atom. The van der Waals surface area contributed by atoms with Gasteiger partial charge in [-0.05, 0) is 36.7 Å². The van der Waals surface area contributed by atoms with Gasteiger partial charge < -0.3 is 4.74 Å². The third-order valence-corrected chi connectivity index (χ3v) is 4.86. The summed E-state index contributed by atoms with van der Waals surface area (Å²) in [6, 6.07) is 5.53. The van der Waals surface area contributed by atoms with Crippen molar-refractivity contribution in [3.05, 3.63) is 35.1 Å². The second kappa shape index (κ2) is 7.56. The van der Waals surface area contributed by atoms with Crippen LogP contribution in [0, 0.1) is 5.82 Å². The van der Waals surface area contributed by atoms with Gasteiger partial charge in [-0.3, -0.25) is 4.90 Å². The molecule has 0 amide bonds. The van der Waals surface area contributed by atoms with E-state index in [1.807, 2.05) is 16.8 Å². The molecule has 136 valence electrons. The molecule has 0 unspecified atom stereocenters. The molecule has 0 aliphatic carbocycles. The van der Waals surface area contributed by atoms with Gasteiger partial charge in [-0.1, -0.05) is 33.8 Å². The third-order valence-electron chi connectivity index (χ3n) is 4.86. The zero-order valence-corrected chi connectivity index (χ0v) is 15.7. The summed E-state index contributed by atoms with van der Waals surface area (Å²) in [5.41, 5.74) is 3.29. The summed E-state index contributed by atoms with van der Waals surface area (Å²) in [4.78, 5) is 2.27. The molecule has 0 spiro atoms. The lowest BCUT2D eigenvalue weighted by atomic mass is 9.97. The number of aryl methyl sites for hydroxylation is 1. The van der Waals surface area contributed by atoms with Crippen molar-refractivity contribution >= 4 is 0 Å². The molecule has 1 aromatic heterocycles. The van der Waals surface area contributed by atoms with Crippen LogP contribution in [0.3, 0.4) is 0 Å². The van der Waals surface area contributed by atoms with Gasteiger partial charge in [0.1, 0.15) is 11.5 Å². The summed E-state index contributed by atoms with van der Waals surface area (Å²) in [7, 11) is 0. The second-order valence-corrected chi connectivity index (χ2v) is 6.92. The molecule has 4 nitrogen and oxygen atoms in total. The Bertz CT molecular complexity index is 735. The van der Waals surface area contributed by atoms with Crippen molar-refractivity contribution in [1.29, 1.82) is 0 Å². The molecule has 3 rings (SSSR count). The Hall–Kier alpha value is -1.88. The number of benzene rings is 1. The summed E-state index contributed by atoms with van der Waals surface area (Å²) in [6.45, 7) is 12.7. The van der Waals surface area contributed by atoms with E-state index in [-0.39, 0.29) is 11.7 Å². The molecule has 0 fully saturated rings. The smallest absolute Gasteiger partial charge is 0.215 e. The monoisotopic (exact) mass is 345 g/mol. The van der Waals surface area contributed by atoms with Gasteiger partial charge in [-0.15, -0.1) is 0 Å². The highest BCUT2D eigenvalue weighted by molar-refractivity contribution is 5.67. The number of ether oxygens (including phenoxy) is 1. The first-order chi connectivity index (χ1) is 12.0. The minimum atomic E-state index is -0.206. The Balaban J connectivity index is 1.98. The molecule has 0 N–H and O–H groups in total. The largest absolute Gasteiger partial charge is 0.478 e. The molecule has 0 saturated carbocycles. The van der Waals surface area contributed by atoms with Crippen LogP contribution in [0.25, 0.3) is 11.3 Å². The molecule has 0 saturated heterocycles. The quantitative estimate of drug-likeness (QED) is 0.775. The molecule has 0 bridgehead atoms. The zero-order valence-electron chi connectivity index (χ0n) is 15.7. The number of halogens is 1. The van der Waals surface area contributed by atoms with E-state index in [1.54, 1.807) is 6.07 Å². The predicted molar refractivity (Wildman–Crippen MR) is 98.4 cm³/mol. The molecule has 0 radical (unpaired) electrons. The fourth-order valence-corrected chi connectivity index (χ4v) is 3.42. The van der Waals surface area contributed by atoms with Crippen LogP contribution in [-0.2, 0) is 13.1 Å². The Morgan fingerprint density at radius 1 is 1.28 bits per heavy atom. The van der Waals surface area contributed by atoms with Crippen LogP contribution in [0.2, 0.25) is 0 Å². The van der Waals surface area contributed by atoms with E-state index in [4.69, 9.17) is 4.74 Å². The van der Waals surface area contributed by atoms with Gasteiger partial charge in [0.2, 0.25) is 5.88 Å². The lowest BCUT2D eigenvalue weighted by Gasteiger charge is -2.18. The lowest BCUT2D eigenvalue weighted by molar-refractivity contribution is 0.227. The minimum absolute atomic E-state index is 0.206. The standard InChI is InChI=1S/C20H28FN3O/c1-5-23(6-2)13-15-8-9-16(17(21)12-15)19-18(14(3)4)20-24(22-19)10-7-11-25-20/h8-9,12,14H,5-7,10-11,13H2,1-4H3. The van der Waals surface area contributed by atoms with Crippen LogP contribution in [0.4, 0.5) is 4.39 Å². The molecule has 2 heterocycles. The first-order valence-electron chi connectivity index (χ1n) is 9.29. The highest BCUT2D eigenvalue weighted by Gasteiger charge is 2.26. The van der Waals surface area contributed by atoms with Gasteiger partial charge in [0.05, 0.1) is 6.61 Å². The van der Waals surface area contributed by atoms with E-state index in [1.165, 1.54) is 0 Å². The van der Waals surface area contributed by atoms with Crippen molar-refractivity contribution in [1.82, 2.24) is 14.7 Å². The topological polar surface area (TPSA) is 30.3 Å². The average molecular weight is 345 g/mol. The lowest BCUT2D eigenvalue weighted by Crippen LogP contribution is -2.22. The summed E-state index contributed by atoms with van der Waals surface area (Å²) in [5.74, 6) is 0.830. The number of hydrogen-bond acceptors (Lipinski definition) is 3. The summed E-state index contributed by atoms with van der Waals surface area (Å²) < 4.78 is 22.6. The Labute approximate surface area is 149 Å². The van der Waals surface area contributed by atoms with Crippen molar-refractivity contribution in [2.24, 2.45) is 0 Å². The van der Waals surface area contributed by atoms with Gasteiger partial charge in [-0.2, -0.15) is 5.10 Å². The van der Waals surface area contributed by atoms with Crippen molar-refractivity contribution in [3.63, 3.8) is 0 Å². The van der Waals surface area contributed by atoms with Crippen LogP contribution in [0.5, 0.6) is 5.88 Å². The van der Waals surface area contributed by atoms with E-state index >= 15 is 0 Å². The molecule has 5 heteroatoms.